The Balaban J connectivity index is 2.05. The Bertz CT molecular complexity index is 1030. The van der Waals surface area contributed by atoms with Crippen LogP contribution in [0, 0.1) is 5.92 Å². The largest absolute Gasteiger partial charge is 0.338 e. The van der Waals surface area contributed by atoms with Crippen molar-refractivity contribution in [2.45, 2.75) is 25.3 Å². The molecule has 3 aromatic carbocycles. The van der Waals surface area contributed by atoms with Crippen LogP contribution in [0.15, 0.2) is 104 Å². The summed E-state index contributed by atoms with van der Waals surface area (Å²) in [7, 11) is -3.87. The second kappa shape index (κ2) is 10.0. The Morgan fingerprint density at radius 3 is 1.85 bits per heavy atom. The summed E-state index contributed by atoms with van der Waals surface area (Å²) in [6, 6.07) is 30.0. The molecule has 2 atom stereocenters. The lowest BCUT2D eigenvalue weighted by molar-refractivity contribution is -0.116. The summed E-state index contributed by atoms with van der Waals surface area (Å²) in [5.41, 5.74) is 1.52. The fourth-order valence-corrected chi connectivity index (χ4v) is 7.46. The highest BCUT2D eigenvalue weighted by Gasteiger charge is 2.55. The number of rotatable bonds is 8. The molecule has 170 valence electrons. The second-order valence-electron chi connectivity index (χ2n) is 8.40. The van der Waals surface area contributed by atoms with Crippen LogP contribution in [0.4, 0.5) is 0 Å². The summed E-state index contributed by atoms with van der Waals surface area (Å²) in [6.45, 7) is 6.34. The van der Waals surface area contributed by atoms with E-state index in [0.29, 0.717) is 26.0 Å². The molecular formula is C28H30NO3P. The van der Waals surface area contributed by atoms with Crippen molar-refractivity contribution in [1.82, 2.24) is 4.67 Å². The van der Waals surface area contributed by atoms with E-state index in [9.17, 15) is 9.36 Å². The average molecular weight is 460 g/mol. The third kappa shape index (κ3) is 4.15. The Morgan fingerprint density at radius 1 is 0.970 bits per heavy atom. The van der Waals surface area contributed by atoms with Crippen LogP contribution in [0.3, 0.4) is 0 Å². The standard InChI is InChI=1S/C28H30NO3P/c1-3-14-23(2)27(30)33(31)29(21-13-22-32-33)28(24-15-7-4-8-16-24,25-17-9-5-10-18-25)26-19-11-6-12-20-26/h3-12,15-20,23H,1,13-14,21-22H2,2H3. The lowest BCUT2D eigenvalue weighted by Gasteiger charge is -2.49. The Labute approximate surface area is 196 Å². The summed E-state index contributed by atoms with van der Waals surface area (Å²) in [5.74, 6) is -0.450. The van der Waals surface area contributed by atoms with Crippen LogP contribution in [0.1, 0.15) is 36.5 Å². The average Bonchev–Trinajstić information content (AvgIpc) is 2.87. The van der Waals surface area contributed by atoms with Crippen LogP contribution >= 0.6 is 7.52 Å². The summed E-state index contributed by atoms with van der Waals surface area (Å²) >= 11 is 0. The van der Waals surface area contributed by atoms with E-state index in [1.165, 1.54) is 0 Å². The number of hydrogen-bond donors (Lipinski definition) is 0. The fraction of sp³-hybridized carbons (Fsp3) is 0.250. The van der Waals surface area contributed by atoms with Crippen LogP contribution in [0.2, 0.25) is 0 Å². The van der Waals surface area contributed by atoms with E-state index >= 15 is 0 Å². The molecule has 0 N–H and O–H groups in total. The van der Waals surface area contributed by atoms with Gasteiger partial charge in [-0.25, -0.2) is 4.67 Å². The van der Waals surface area contributed by atoms with E-state index in [1.54, 1.807) is 13.0 Å². The molecule has 1 fully saturated rings. The van der Waals surface area contributed by atoms with Crippen molar-refractivity contribution in [3.05, 3.63) is 120 Å². The summed E-state index contributed by atoms with van der Waals surface area (Å²) < 4.78 is 22.5. The maximum atomic E-state index is 14.7. The number of allylic oxidation sites excluding steroid dienone is 1. The van der Waals surface area contributed by atoms with Gasteiger partial charge in [0.15, 0.2) is 0 Å². The van der Waals surface area contributed by atoms with Crippen molar-refractivity contribution in [2.24, 2.45) is 5.92 Å². The predicted molar refractivity (Wildman–Crippen MR) is 133 cm³/mol. The monoisotopic (exact) mass is 459 g/mol. The highest BCUT2D eigenvalue weighted by atomic mass is 31.2. The molecule has 0 saturated carbocycles. The Hall–Kier alpha value is -2.78. The molecule has 1 aliphatic rings. The molecule has 33 heavy (non-hydrogen) atoms. The van der Waals surface area contributed by atoms with E-state index in [1.807, 2.05) is 95.7 Å². The molecule has 0 aromatic heterocycles. The van der Waals surface area contributed by atoms with Gasteiger partial charge in [0.25, 0.3) is 0 Å². The quantitative estimate of drug-likeness (QED) is 0.215. The van der Waals surface area contributed by atoms with Crippen molar-refractivity contribution in [3.63, 3.8) is 0 Å². The molecule has 1 saturated heterocycles. The van der Waals surface area contributed by atoms with Gasteiger partial charge < -0.3 is 4.52 Å². The van der Waals surface area contributed by atoms with Gasteiger partial charge in [-0.3, -0.25) is 9.36 Å². The minimum absolute atomic E-state index is 0.300. The van der Waals surface area contributed by atoms with Crippen LogP contribution < -0.4 is 0 Å². The van der Waals surface area contributed by atoms with Crippen LogP contribution in [0.5, 0.6) is 0 Å². The zero-order chi connectivity index (χ0) is 23.3. The van der Waals surface area contributed by atoms with Crippen LogP contribution in [0.25, 0.3) is 0 Å². The van der Waals surface area contributed by atoms with Gasteiger partial charge in [0.05, 0.1) is 6.61 Å². The first kappa shape index (κ1) is 23.4. The minimum Gasteiger partial charge on any atom is -0.312 e. The lowest BCUT2D eigenvalue weighted by Crippen LogP contribution is -2.50. The zero-order valence-corrected chi connectivity index (χ0v) is 19.9. The van der Waals surface area contributed by atoms with Gasteiger partial charge >= 0.3 is 7.52 Å². The zero-order valence-electron chi connectivity index (χ0n) is 19.0. The molecule has 4 rings (SSSR count). The topological polar surface area (TPSA) is 46.6 Å². The second-order valence-corrected chi connectivity index (χ2v) is 10.6. The van der Waals surface area contributed by atoms with E-state index in [-0.39, 0.29) is 5.52 Å². The Morgan fingerprint density at radius 2 is 1.42 bits per heavy atom. The molecule has 1 heterocycles. The maximum Gasteiger partial charge on any atom is 0.338 e. The molecule has 3 aromatic rings. The molecule has 0 aliphatic carbocycles. The molecular weight excluding hydrogens is 429 g/mol. The summed E-state index contributed by atoms with van der Waals surface area (Å²) in [5, 5.41) is 0. The molecule has 2 unspecified atom stereocenters. The van der Waals surface area contributed by atoms with Gasteiger partial charge in [0, 0.05) is 12.5 Å². The number of nitrogens with zero attached hydrogens (tertiary/aromatic N) is 1. The number of hydrogen-bond acceptors (Lipinski definition) is 3. The summed E-state index contributed by atoms with van der Waals surface area (Å²) in [6.07, 6.45) is 2.83. The van der Waals surface area contributed by atoms with Gasteiger partial charge in [0.1, 0.15) is 5.54 Å². The Kier molecular flexibility index (Phi) is 7.09. The molecule has 4 nitrogen and oxygen atoms in total. The predicted octanol–water partition coefficient (Wildman–Crippen LogP) is 6.63. The molecule has 0 bridgehead atoms. The first-order valence-corrected chi connectivity index (χ1v) is 13.0. The molecule has 1 aliphatic heterocycles. The first-order valence-electron chi connectivity index (χ1n) is 11.4. The van der Waals surface area contributed by atoms with Gasteiger partial charge in [-0.1, -0.05) is 104 Å². The number of carbonyl (C=O) groups excluding carboxylic acids is 1. The molecule has 0 radical (unpaired) electrons. The van der Waals surface area contributed by atoms with Gasteiger partial charge in [-0.15, -0.1) is 6.58 Å². The third-order valence-corrected chi connectivity index (χ3v) is 8.95. The molecule has 0 spiro atoms. The lowest BCUT2D eigenvalue weighted by atomic mass is 9.77. The van der Waals surface area contributed by atoms with Crippen molar-refractivity contribution in [1.29, 1.82) is 0 Å². The summed E-state index contributed by atoms with van der Waals surface area (Å²) in [4.78, 5) is 13.7. The first-order chi connectivity index (χ1) is 16.0. The normalized spacial score (nSPS) is 20.2. The van der Waals surface area contributed by atoms with E-state index in [4.69, 9.17) is 4.52 Å². The highest BCUT2D eigenvalue weighted by Crippen LogP contribution is 2.63. The van der Waals surface area contributed by atoms with Gasteiger partial charge in [-0.05, 0) is 29.5 Å². The molecule has 5 heteroatoms. The van der Waals surface area contributed by atoms with Gasteiger partial charge in [-0.2, -0.15) is 0 Å². The van der Waals surface area contributed by atoms with Gasteiger partial charge in [0.2, 0.25) is 5.52 Å². The maximum absolute atomic E-state index is 14.7. The van der Waals surface area contributed by atoms with Crippen LogP contribution in [-0.2, 0) is 19.4 Å². The van der Waals surface area contributed by atoms with Crippen molar-refractivity contribution in [3.8, 4) is 0 Å². The van der Waals surface area contributed by atoms with E-state index in [0.717, 1.165) is 16.7 Å². The van der Waals surface area contributed by atoms with Crippen molar-refractivity contribution < 1.29 is 13.9 Å². The SMILES string of the molecule is C=CCC(C)C(=O)P1(=O)OCCCN1C(c1ccccc1)(c1ccccc1)c1ccccc1. The third-order valence-electron chi connectivity index (χ3n) is 6.28. The van der Waals surface area contributed by atoms with E-state index < -0.39 is 19.0 Å². The number of carbonyl (C=O) groups is 1. The molecule has 0 amide bonds. The fourth-order valence-electron chi connectivity index (χ4n) is 4.77. The number of benzene rings is 3. The van der Waals surface area contributed by atoms with Crippen LogP contribution in [-0.4, -0.2) is 23.3 Å². The minimum atomic E-state index is -3.87. The van der Waals surface area contributed by atoms with E-state index in [2.05, 4.69) is 6.58 Å². The highest BCUT2D eigenvalue weighted by molar-refractivity contribution is 7.74. The smallest absolute Gasteiger partial charge is 0.312 e. The van der Waals surface area contributed by atoms with Crippen molar-refractivity contribution in [2.75, 3.05) is 13.2 Å². The van der Waals surface area contributed by atoms with Crippen molar-refractivity contribution >= 4 is 13.0 Å².